The summed E-state index contributed by atoms with van der Waals surface area (Å²) in [6.45, 7) is 0. The number of aryl methyl sites for hydroxylation is 1. The average molecular weight is 362 g/mol. The lowest BCUT2D eigenvalue weighted by atomic mass is 10.1. The molecule has 4 rings (SSSR count). The third-order valence-corrected chi connectivity index (χ3v) is 4.36. The maximum Gasteiger partial charge on any atom is 0.255 e. The Labute approximate surface area is 155 Å². The van der Waals surface area contributed by atoms with E-state index < -0.39 is 0 Å². The summed E-state index contributed by atoms with van der Waals surface area (Å²) in [5.41, 5.74) is 2.65. The van der Waals surface area contributed by atoms with Gasteiger partial charge in [0.05, 0.1) is 0 Å². The Balaban J connectivity index is 1.44. The van der Waals surface area contributed by atoms with Gasteiger partial charge in [-0.05, 0) is 59.7 Å². The number of rotatable bonds is 5. The van der Waals surface area contributed by atoms with Crippen LogP contribution in [0.25, 0.3) is 11.4 Å². The fourth-order valence-electron chi connectivity index (χ4n) is 2.71. The van der Waals surface area contributed by atoms with Gasteiger partial charge in [-0.2, -0.15) is 0 Å². The molecule has 3 aromatic rings. The van der Waals surface area contributed by atoms with Crippen molar-refractivity contribution in [1.82, 2.24) is 20.2 Å². The highest BCUT2D eigenvalue weighted by atomic mass is 16.2. The highest BCUT2D eigenvalue weighted by molar-refractivity contribution is 6.05. The first-order chi connectivity index (χ1) is 13.1. The number of nitrogens with zero attached hydrogens (tertiary/aromatic N) is 4. The van der Waals surface area contributed by atoms with Crippen LogP contribution in [0.15, 0.2) is 48.5 Å². The quantitative estimate of drug-likeness (QED) is 0.726. The summed E-state index contributed by atoms with van der Waals surface area (Å²) in [5.74, 6) is 0.566. The molecule has 1 aliphatic carbocycles. The van der Waals surface area contributed by atoms with Crippen LogP contribution >= 0.6 is 0 Å². The normalized spacial score (nSPS) is 13.2. The van der Waals surface area contributed by atoms with Crippen LogP contribution in [0, 0.1) is 5.92 Å². The molecular formula is C19H18N6O2. The lowest BCUT2D eigenvalue weighted by Gasteiger charge is -2.08. The van der Waals surface area contributed by atoms with Crippen LogP contribution in [-0.4, -0.2) is 32.0 Å². The summed E-state index contributed by atoms with van der Waals surface area (Å²) in [6, 6.07) is 14.2. The smallest absolute Gasteiger partial charge is 0.255 e. The fraction of sp³-hybridized carbons (Fsp3) is 0.211. The molecule has 0 unspecified atom stereocenters. The number of carbonyl (C=O) groups is 2. The molecule has 0 bridgehead atoms. The zero-order valence-corrected chi connectivity index (χ0v) is 14.7. The van der Waals surface area contributed by atoms with Crippen molar-refractivity contribution >= 4 is 23.2 Å². The van der Waals surface area contributed by atoms with Crippen LogP contribution in [-0.2, 0) is 11.8 Å². The number of benzene rings is 2. The van der Waals surface area contributed by atoms with E-state index in [2.05, 4.69) is 26.2 Å². The van der Waals surface area contributed by atoms with Crippen molar-refractivity contribution in [2.75, 3.05) is 10.6 Å². The summed E-state index contributed by atoms with van der Waals surface area (Å²) < 4.78 is 1.57. The Morgan fingerprint density at radius 3 is 2.48 bits per heavy atom. The topological polar surface area (TPSA) is 102 Å². The van der Waals surface area contributed by atoms with E-state index in [0.29, 0.717) is 22.8 Å². The molecule has 8 nitrogen and oxygen atoms in total. The van der Waals surface area contributed by atoms with Crippen LogP contribution in [0.1, 0.15) is 23.2 Å². The molecule has 2 amide bonds. The second-order valence-electron chi connectivity index (χ2n) is 6.50. The lowest BCUT2D eigenvalue weighted by Crippen LogP contribution is -2.14. The molecule has 136 valence electrons. The summed E-state index contributed by atoms with van der Waals surface area (Å²) in [6.07, 6.45) is 1.91. The van der Waals surface area contributed by atoms with Crippen molar-refractivity contribution in [2.24, 2.45) is 13.0 Å². The van der Waals surface area contributed by atoms with Gasteiger partial charge in [0.2, 0.25) is 5.91 Å². The Morgan fingerprint density at radius 1 is 1.04 bits per heavy atom. The van der Waals surface area contributed by atoms with E-state index in [9.17, 15) is 9.59 Å². The summed E-state index contributed by atoms with van der Waals surface area (Å²) in [4.78, 5) is 24.3. The van der Waals surface area contributed by atoms with Crippen LogP contribution in [0.2, 0.25) is 0 Å². The number of amides is 2. The lowest BCUT2D eigenvalue weighted by molar-refractivity contribution is -0.117. The van der Waals surface area contributed by atoms with Gasteiger partial charge in [0.25, 0.3) is 5.91 Å². The van der Waals surface area contributed by atoms with Gasteiger partial charge in [-0.25, -0.2) is 4.68 Å². The van der Waals surface area contributed by atoms with Crippen LogP contribution < -0.4 is 10.6 Å². The number of nitrogens with one attached hydrogen (secondary N) is 2. The van der Waals surface area contributed by atoms with Gasteiger partial charge in [-0.3, -0.25) is 9.59 Å². The second-order valence-corrected chi connectivity index (χ2v) is 6.50. The number of carbonyl (C=O) groups excluding carboxylic acids is 2. The monoisotopic (exact) mass is 362 g/mol. The average Bonchev–Trinajstić information content (AvgIpc) is 3.44. The minimum Gasteiger partial charge on any atom is -0.326 e. The molecule has 1 aromatic heterocycles. The molecule has 8 heteroatoms. The molecule has 2 N–H and O–H groups in total. The fourth-order valence-corrected chi connectivity index (χ4v) is 2.71. The Morgan fingerprint density at radius 2 is 1.81 bits per heavy atom. The molecule has 0 aliphatic heterocycles. The van der Waals surface area contributed by atoms with Crippen molar-refractivity contribution in [3.63, 3.8) is 0 Å². The van der Waals surface area contributed by atoms with Crippen LogP contribution in [0.4, 0.5) is 11.4 Å². The van der Waals surface area contributed by atoms with E-state index in [1.54, 1.807) is 42.1 Å². The van der Waals surface area contributed by atoms with E-state index in [1.165, 1.54) is 0 Å². The third-order valence-electron chi connectivity index (χ3n) is 4.36. The predicted molar refractivity (Wildman–Crippen MR) is 100.0 cm³/mol. The van der Waals surface area contributed by atoms with E-state index in [4.69, 9.17) is 0 Å². The van der Waals surface area contributed by atoms with Gasteiger partial charge >= 0.3 is 0 Å². The third kappa shape index (κ3) is 3.84. The molecule has 27 heavy (non-hydrogen) atoms. The Bertz CT molecular complexity index is 991. The highest BCUT2D eigenvalue weighted by Crippen LogP contribution is 2.30. The van der Waals surface area contributed by atoms with Gasteiger partial charge in [0, 0.05) is 35.5 Å². The van der Waals surface area contributed by atoms with Crippen molar-refractivity contribution in [3.8, 4) is 11.4 Å². The summed E-state index contributed by atoms with van der Waals surface area (Å²) >= 11 is 0. The van der Waals surface area contributed by atoms with E-state index in [0.717, 1.165) is 18.4 Å². The van der Waals surface area contributed by atoms with Crippen molar-refractivity contribution in [2.45, 2.75) is 12.8 Å². The Kier molecular flexibility index (Phi) is 4.37. The number of hydrogen-bond acceptors (Lipinski definition) is 5. The first-order valence-electron chi connectivity index (χ1n) is 8.65. The summed E-state index contributed by atoms with van der Waals surface area (Å²) in [5, 5.41) is 17.1. The number of anilines is 2. The van der Waals surface area contributed by atoms with Crippen molar-refractivity contribution in [3.05, 3.63) is 54.1 Å². The predicted octanol–water partition coefficient (Wildman–Crippen LogP) is 2.48. The standard InChI is InChI=1S/C19H18N6O2/c1-25-17(22-23-24-25)14-3-2-4-16(11-14)21-19(27)13-7-9-15(10-8-13)20-18(26)12-5-6-12/h2-4,7-12H,5-6H2,1H3,(H,20,26)(H,21,27). The number of aromatic nitrogens is 4. The maximum absolute atomic E-state index is 12.5. The molecule has 1 saturated carbocycles. The minimum absolute atomic E-state index is 0.0438. The SMILES string of the molecule is Cn1nnnc1-c1cccc(NC(=O)c2ccc(NC(=O)C3CC3)cc2)c1. The molecular weight excluding hydrogens is 344 g/mol. The molecule has 1 heterocycles. The Hall–Kier alpha value is -3.55. The molecule has 1 aliphatic rings. The minimum atomic E-state index is -0.233. The molecule has 1 fully saturated rings. The second kappa shape index (κ2) is 6.99. The van der Waals surface area contributed by atoms with Crippen LogP contribution in [0.3, 0.4) is 0 Å². The van der Waals surface area contributed by atoms with Gasteiger partial charge in [-0.1, -0.05) is 12.1 Å². The molecule has 0 spiro atoms. The number of hydrogen-bond donors (Lipinski definition) is 2. The molecule has 2 aromatic carbocycles. The van der Waals surface area contributed by atoms with Crippen molar-refractivity contribution < 1.29 is 9.59 Å². The molecule has 0 radical (unpaired) electrons. The largest absolute Gasteiger partial charge is 0.326 e. The van der Waals surface area contributed by atoms with E-state index >= 15 is 0 Å². The zero-order chi connectivity index (χ0) is 18.8. The van der Waals surface area contributed by atoms with Gasteiger partial charge < -0.3 is 10.6 Å². The maximum atomic E-state index is 12.5. The first-order valence-corrected chi connectivity index (χ1v) is 8.65. The number of tetrazole rings is 1. The van der Waals surface area contributed by atoms with Crippen molar-refractivity contribution in [1.29, 1.82) is 0 Å². The van der Waals surface area contributed by atoms with Gasteiger partial charge in [-0.15, -0.1) is 5.10 Å². The van der Waals surface area contributed by atoms with Gasteiger partial charge in [0.15, 0.2) is 5.82 Å². The van der Waals surface area contributed by atoms with Gasteiger partial charge in [0.1, 0.15) is 0 Å². The highest BCUT2D eigenvalue weighted by Gasteiger charge is 2.29. The van der Waals surface area contributed by atoms with E-state index in [1.807, 2.05) is 18.2 Å². The molecule has 0 atom stereocenters. The first kappa shape index (κ1) is 16.9. The summed E-state index contributed by atoms with van der Waals surface area (Å²) in [7, 11) is 1.75. The van der Waals surface area contributed by atoms with Crippen LogP contribution in [0.5, 0.6) is 0 Å². The van der Waals surface area contributed by atoms with E-state index in [-0.39, 0.29) is 17.7 Å². The molecule has 0 saturated heterocycles. The zero-order valence-electron chi connectivity index (χ0n) is 14.7.